The molecule has 1 saturated heterocycles. The first-order valence-electron chi connectivity index (χ1n) is 5.77. The Morgan fingerprint density at radius 1 is 1.44 bits per heavy atom. The molecule has 1 aliphatic heterocycles. The fourth-order valence-corrected chi connectivity index (χ4v) is 2.19. The number of rotatable bonds is 2. The highest BCUT2D eigenvalue weighted by atomic mass is 35.5. The molecule has 2 aromatic heterocycles. The first-order chi connectivity index (χ1) is 8.66. The Balaban J connectivity index is 1.94. The summed E-state index contributed by atoms with van der Waals surface area (Å²) in [5.74, 6) is 1.25. The summed E-state index contributed by atoms with van der Waals surface area (Å²) in [7, 11) is 1.83. The molecule has 0 aromatic carbocycles. The van der Waals surface area contributed by atoms with Crippen molar-refractivity contribution in [2.45, 2.75) is 19.3 Å². The van der Waals surface area contributed by atoms with E-state index < -0.39 is 0 Å². The lowest BCUT2D eigenvalue weighted by Crippen LogP contribution is -1.99. The Labute approximate surface area is 109 Å². The highest BCUT2D eigenvalue weighted by Gasteiger charge is 2.25. The lowest BCUT2D eigenvalue weighted by molar-refractivity contribution is 0.192. The van der Waals surface area contributed by atoms with E-state index in [4.69, 9.17) is 20.9 Å². The summed E-state index contributed by atoms with van der Waals surface area (Å²) in [6.45, 7) is 3.28. The van der Waals surface area contributed by atoms with Crippen LogP contribution in [-0.2, 0) is 11.8 Å². The maximum absolute atomic E-state index is 6.18. The van der Waals surface area contributed by atoms with Crippen LogP contribution in [-0.4, -0.2) is 33.1 Å². The minimum Gasteiger partial charge on any atom is -0.381 e. The predicted octanol–water partition coefficient (Wildman–Crippen LogP) is 1.94. The third-order valence-electron chi connectivity index (χ3n) is 3.20. The molecule has 2 aromatic rings. The van der Waals surface area contributed by atoms with Crippen molar-refractivity contribution in [3.63, 3.8) is 0 Å². The third kappa shape index (κ3) is 1.81. The van der Waals surface area contributed by atoms with Crippen LogP contribution < -0.4 is 0 Å². The van der Waals surface area contributed by atoms with Crippen LogP contribution >= 0.6 is 11.6 Å². The summed E-state index contributed by atoms with van der Waals surface area (Å²) in [6, 6.07) is 0. The topological polar surface area (TPSA) is 66.0 Å². The van der Waals surface area contributed by atoms with Crippen molar-refractivity contribution in [1.82, 2.24) is 19.9 Å². The van der Waals surface area contributed by atoms with Crippen molar-refractivity contribution in [2.24, 2.45) is 7.05 Å². The SMILES string of the molecule is Cc1c(Cl)c(-c2nc([C@H]3CCOC3)no2)nn1C. The molecule has 0 radical (unpaired) electrons. The second kappa shape index (κ2) is 4.37. The van der Waals surface area contributed by atoms with E-state index in [-0.39, 0.29) is 5.92 Å². The zero-order valence-electron chi connectivity index (χ0n) is 10.2. The van der Waals surface area contributed by atoms with Crippen LogP contribution in [0.25, 0.3) is 11.6 Å². The molecule has 0 amide bonds. The molecule has 3 rings (SSSR count). The van der Waals surface area contributed by atoms with Gasteiger partial charge in [-0.05, 0) is 13.3 Å². The van der Waals surface area contributed by atoms with Crippen LogP contribution in [0.1, 0.15) is 23.9 Å². The molecule has 1 atom stereocenters. The Hall–Kier alpha value is -1.40. The molecule has 96 valence electrons. The maximum atomic E-state index is 6.18. The van der Waals surface area contributed by atoms with Crippen molar-refractivity contribution in [3.05, 3.63) is 16.5 Å². The zero-order chi connectivity index (χ0) is 12.7. The van der Waals surface area contributed by atoms with Crippen molar-refractivity contribution in [1.29, 1.82) is 0 Å². The van der Waals surface area contributed by atoms with Crippen molar-refractivity contribution >= 4 is 11.6 Å². The predicted molar refractivity (Wildman–Crippen MR) is 64.4 cm³/mol. The molecular formula is C11H13ClN4O2. The molecule has 3 heterocycles. The van der Waals surface area contributed by atoms with Gasteiger partial charge in [-0.3, -0.25) is 4.68 Å². The third-order valence-corrected chi connectivity index (χ3v) is 3.65. The van der Waals surface area contributed by atoms with Crippen LogP contribution in [0.15, 0.2) is 4.52 Å². The average molecular weight is 269 g/mol. The highest BCUT2D eigenvalue weighted by Crippen LogP contribution is 2.30. The Kier molecular flexibility index (Phi) is 2.83. The van der Waals surface area contributed by atoms with Crippen LogP contribution in [0.4, 0.5) is 0 Å². The van der Waals surface area contributed by atoms with Gasteiger partial charge in [-0.25, -0.2) is 0 Å². The van der Waals surface area contributed by atoms with Gasteiger partial charge in [0.2, 0.25) is 0 Å². The van der Waals surface area contributed by atoms with E-state index in [2.05, 4.69) is 15.2 Å². The fourth-order valence-electron chi connectivity index (χ4n) is 1.95. The van der Waals surface area contributed by atoms with Gasteiger partial charge in [-0.15, -0.1) is 0 Å². The normalized spacial score (nSPS) is 19.6. The van der Waals surface area contributed by atoms with Crippen LogP contribution in [0.5, 0.6) is 0 Å². The summed E-state index contributed by atoms with van der Waals surface area (Å²) < 4.78 is 12.2. The number of nitrogens with zero attached hydrogens (tertiary/aromatic N) is 4. The number of aryl methyl sites for hydroxylation is 1. The quantitative estimate of drug-likeness (QED) is 0.833. The maximum Gasteiger partial charge on any atom is 0.279 e. The van der Waals surface area contributed by atoms with Gasteiger partial charge < -0.3 is 9.26 Å². The number of ether oxygens (including phenoxy) is 1. The van der Waals surface area contributed by atoms with Gasteiger partial charge in [0.1, 0.15) is 0 Å². The van der Waals surface area contributed by atoms with Gasteiger partial charge in [-0.2, -0.15) is 10.1 Å². The Morgan fingerprint density at radius 3 is 2.89 bits per heavy atom. The summed E-state index contributed by atoms with van der Waals surface area (Å²) in [4.78, 5) is 4.36. The molecule has 0 bridgehead atoms. The lowest BCUT2D eigenvalue weighted by atomic mass is 10.1. The van der Waals surface area contributed by atoms with Crippen LogP contribution in [0, 0.1) is 6.92 Å². The van der Waals surface area contributed by atoms with Crippen molar-refractivity contribution < 1.29 is 9.26 Å². The van der Waals surface area contributed by atoms with Gasteiger partial charge in [0, 0.05) is 19.6 Å². The average Bonchev–Trinajstić information content (AvgIpc) is 3.05. The molecule has 6 nitrogen and oxygen atoms in total. The standard InChI is InChI=1S/C11H13ClN4O2/c1-6-8(12)9(14-16(6)2)11-13-10(15-18-11)7-3-4-17-5-7/h7H,3-5H2,1-2H3/t7-/m0/s1. The molecule has 0 unspecified atom stereocenters. The van der Waals surface area contributed by atoms with Gasteiger partial charge in [-0.1, -0.05) is 16.8 Å². The van der Waals surface area contributed by atoms with Crippen LogP contribution in [0.3, 0.4) is 0 Å². The van der Waals surface area contributed by atoms with E-state index in [9.17, 15) is 0 Å². The minimum absolute atomic E-state index is 0.214. The molecule has 18 heavy (non-hydrogen) atoms. The zero-order valence-corrected chi connectivity index (χ0v) is 10.9. The van der Waals surface area contributed by atoms with Gasteiger partial charge in [0.25, 0.3) is 5.89 Å². The molecule has 0 saturated carbocycles. The fraction of sp³-hybridized carbons (Fsp3) is 0.545. The molecule has 1 fully saturated rings. The molecule has 7 heteroatoms. The second-order valence-electron chi connectivity index (χ2n) is 4.39. The smallest absolute Gasteiger partial charge is 0.279 e. The van der Waals surface area contributed by atoms with E-state index in [1.165, 1.54) is 0 Å². The van der Waals surface area contributed by atoms with Crippen molar-refractivity contribution in [2.75, 3.05) is 13.2 Å². The number of hydrogen-bond donors (Lipinski definition) is 0. The van der Waals surface area contributed by atoms with Crippen molar-refractivity contribution in [3.8, 4) is 11.6 Å². The van der Waals surface area contributed by atoms with E-state index in [0.29, 0.717) is 29.0 Å². The lowest BCUT2D eigenvalue weighted by Gasteiger charge is -1.97. The highest BCUT2D eigenvalue weighted by molar-refractivity contribution is 6.33. The summed E-state index contributed by atoms with van der Waals surface area (Å²) in [5, 5.41) is 8.81. The minimum atomic E-state index is 0.214. The van der Waals surface area contributed by atoms with E-state index in [1.807, 2.05) is 14.0 Å². The summed E-state index contributed by atoms with van der Waals surface area (Å²) in [5.41, 5.74) is 1.41. The Bertz CT molecular complexity index is 572. The number of hydrogen-bond acceptors (Lipinski definition) is 5. The molecular weight excluding hydrogens is 256 g/mol. The van der Waals surface area contributed by atoms with Gasteiger partial charge in [0.05, 0.1) is 17.3 Å². The number of halogens is 1. The second-order valence-corrected chi connectivity index (χ2v) is 4.77. The Morgan fingerprint density at radius 2 is 2.28 bits per heavy atom. The first-order valence-corrected chi connectivity index (χ1v) is 6.15. The number of aromatic nitrogens is 4. The van der Waals surface area contributed by atoms with E-state index in [1.54, 1.807) is 4.68 Å². The van der Waals surface area contributed by atoms with Crippen LogP contribution in [0.2, 0.25) is 5.02 Å². The summed E-state index contributed by atoms with van der Waals surface area (Å²) in [6.07, 6.45) is 0.925. The monoisotopic (exact) mass is 268 g/mol. The first kappa shape index (κ1) is 11.7. The largest absolute Gasteiger partial charge is 0.381 e. The summed E-state index contributed by atoms with van der Waals surface area (Å²) >= 11 is 6.18. The van der Waals surface area contributed by atoms with Gasteiger partial charge in [0.15, 0.2) is 11.5 Å². The molecule has 0 aliphatic carbocycles. The van der Waals surface area contributed by atoms with Gasteiger partial charge >= 0.3 is 0 Å². The molecule has 1 aliphatic rings. The van der Waals surface area contributed by atoms with E-state index >= 15 is 0 Å². The molecule has 0 N–H and O–H groups in total. The molecule has 0 spiro atoms. The van der Waals surface area contributed by atoms with E-state index in [0.717, 1.165) is 18.7 Å².